The summed E-state index contributed by atoms with van der Waals surface area (Å²) in [7, 11) is 0. The molecule has 0 atom stereocenters. The predicted octanol–water partition coefficient (Wildman–Crippen LogP) is 2.05. The van der Waals surface area contributed by atoms with Gasteiger partial charge in [0.15, 0.2) is 0 Å². The molecule has 60 valence electrons. The first-order chi connectivity index (χ1) is 5.38. The Morgan fingerprint density at radius 3 is 3.27 bits per heavy atom. The van der Waals surface area contributed by atoms with Crippen molar-refractivity contribution >= 4 is 5.69 Å². The fourth-order valence-electron chi connectivity index (χ4n) is 1.32. The van der Waals surface area contributed by atoms with Crippen LogP contribution < -0.4 is 10.1 Å². The molecule has 1 N–H and O–H groups in total. The minimum Gasteiger partial charge on any atom is -0.489 e. The van der Waals surface area contributed by atoms with E-state index in [1.165, 1.54) is 5.56 Å². The topological polar surface area (TPSA) is 21.3 Å². The van der Waals surface area contributed by atoms with E-state index in [2.05, 4.69) is 18.3 Å². The average Bonchev–Trinajstić information content (AvgIpc) is 2.06. The Morgan fingerprint density at radius 2 is 2.45 bits per heavy atom. The number of aryl methyl sites for hydroxylation is 1. The van der Waals surface area contributed by atoms with Crippen LogP contribution in [0.15, 0.2) is 18.2 Å². The Labute approximate surface area is 67.7 Å². The number of rotatable bonds is 0. The first kappa shape index (κ1) is 6.53. The molecular weight excluding hydrogens is 138 g/mol. The summed E-state index contributed by atoms with van der Waals surface area (Å²) in [5.74, 6) is 1.01. The van der Waals surface area contributed by atoms with Gasteiger partial charge in [-0.2, -0.15) is 0 Å². The predicted molar refractivity (Wildman–Crippen MR) is 47.3 cm³/mol. The van der Waals surface area contributed by atoms with Gasteiger partial charge in [-0.05, 0) is 18.6 Å². The zero-order valence-corrected chi connectivity index (χ0v) is 6.55. The van der Waals surface area contributed by atoms with E-state index in [0.717, 1.165) is 24.6 Å². The van der Waals surface area contributed by atoms with Gasteiger partial charge in [-0.1, -0.05) is 12.1 Å². The molecule has 0 fully saturated rings. The highest BCUT2D eigenvalue weighted by Crippen LogP contribution is 2.29. The van der Waals surface area contributed by atoms with Gasteiger partial charge in [0, 0.05) is 7.97 Å². The summed E-state index contributed by atoms with van der Waals surface area (Å²) in [6, 6.07) is 6.14. The van der Waals surface area contributed by atoms with Gasteiger partial charge in [-0.3, -0.25) is 0 Å². The molecule has 1 aromatic rings. The Hall–Kier alpha value is -1.18. The van der Waals surface area contributed by atoms with E-state index >= 15 is 0 Å². The number of para-hydroxylation sites is 1. The number of nitrogens with one attached hydrogen (secondary N) is 1. The van der Waals surface area contributed by atoms with Gasteiger partial charge in [0.2, 0.25) is 0 Å². The van der Waals surface area contributed by atoms with Gasteiger partial charge in [0.1, 0.15) is 12.4 Å². The molecule has 0 bridgehead atoms. The maximum atomic E-state index is 5.49. The molecule has 2 rings (SSSR count). The van der Waals surface area contributed by atoms with Crippen LogP contribution in [0.1, 0.15) is 6.99 Å². The quantitative estimate of drug-likeness (QED) is 0.612. The van der Waals surface area contributed by atoms with Crippen LogP contribution in [0, 0.1) is 6.92 Å². The van der Waals surface area contributed by atoms with E-state index in [0.29, 0.717) is 0 Å². The van der Waals surface area contributed by atoms with Crippen molar-refractivity contribution in [2.75, 3.05) is 18.5 Å². The Kier molecular flexibility index (Phi) is 1.46. The standard InChI is InChI=1S/C9H11NO.H2/c1-7-3-2-4-8-9(7)11-6-5-10-8;/h2-4,10H,5-6H2,1H3;1H. The molecule has 1 aliphatic heterocycles. The smallest absolute Gasteiger partial charge is 0.145 e. The summed E-state index contributed by atoms with van der Waals surface area (Å²) < 4.78 is 5.49. The number of hydrogen-bond acceptors (Lipinski definition) is 2. The highest BCUT2D eigenvalue weighted by Gasteiger charge is 2.09. The molecule has 11 heavy (non-hydrogen) atoms. The third-order valence-corrected chi connectivity index (χ3v) is 1.88. The second-order valence-corrected chi connectivity index (χ2v) is 2.73. The summed E-state index contributed by atoms with van der Waals surface area (Å²) in [6.07, 6.45) is 0. The second-order valence-electron chi connectivity index (χ2n) is 2.73. The molecule has 1 heterocycles. The van der Waals surface area contributed by atoms with Gasteiger partial charge in [0.25, 0.3) is 0 Å². The lowest BCUT2D eigenvalue weighted by Gasteiger charge is -2.20. The lowest BCUT2D eigenvalue weighted by Crippen LogP contribution is -2.18. The summed E-state index contributed by atoms with van der Waals surface area (Å²) in [6.45, 7) is 3.75. The minimum atomic E-state index is 0. The van der Waals surface area contributed by atoms with Crippen molar-refractivity contribution in [2.45, 2.75) is 6.92 Å². The lowest BCUT2D eigenvalue weighted by molar-refractivity contribution is 0.321. The van der Waals surface area contributed by atoms with Crippen LogP contribution in [0.4, 0.5) is 5.69 Å². The summed E-state index contributed by atoms with van der Waals surface area (Å²) >= 11 is 0. The van der Waals surface area contributed by atoms with E-state index in [1.807, 2.05) is 12.1 Å². The normalized spacial score (nSPS) is 14.6. The molecule has 0 amide bonds. The Bertz CT molecular complexity index is 275. The maximum Gasteiger partial charge on any atom is 0.145 e. The van der Waals surface area contributed by atoms with Crippen molar-refractivity contribution in [3.05, 3.63) is 23.8 Å². The SMILES string of the molecule is Cc1cccc2c1OCCN2.[HH]. The molecule has 0 aliphatic carbocycles. The second kappa shape index (κ2) is 2.46. The molecule has 0 unspecified atom stereocenters. The van der Waals surface area contributed by atoms with E-state index in [9.17, 15) is 0 Å². The van der Waals surface area contributed by atoms with Crippen LogP contribution in [0.25, 0.3) is 0 Å². The first-order valence-electron chi connectivity index (χ1n) is 3.84. The van der Waals surface area contributed by atoms with E-state index in [1.54, 1.807) is 0 Å². The van der Waals surface area contributed by atoms with Crippen LogP contribution in [-0.2, 0) is 0 Å². The van der Waals surface area contributed by atoms with E-state index in [4.69, 9.17) is 4.74 Å². The monoisotopic (exact) mass is 151 g/mol. The van der Waals surface area contributed by atoms with Crippen molar-refractivity contribution in [3.63, 3.8) is 0 Å². The van der Waals surface area contributed by atoms with Crippen LogP contribution in [0.2, 0.25) is 0 Å². The van der Waals surface area contributed by atoms with Crippen molar-refractivity contribution in [2.24, 2.45) is 0 Å². The molecule has 0 saturated carbocycles. The third-order valence-electron chi connectivity index (χ3n) is 1.88. The lowest BCUT2D eigenvalue weighted by atomic mass is 10.2. The first-order valence-corrected chi connectivity index (χ1v) is 3.84. The number of benzene rings is 1. The van der Waals surface area contributed by atoms with E-state index < -0.39 is 0 Å². The fourth-order valence-corrected chi connectivity index (χ4v) is 1.32. The number of fused-ring (bicyclic) bond motifs is 1. The summed E-state index contributed by atoms with van der Waals surface area (Å²) in [5.41, 5.74) is 2.32. The highest BCUT2D eigenvalue weighted by atomic mass is 16.5. The van der Waals surface area contributed by atoms with Crippen LogP contribution in [0.3, 0.4) is 0 Å². The number of hydrogen-bond donors (Lipinski definition) is 1. The minimum absolute atomic E-state index is 0. The van der Waals surface area contributed by atoms with E-state index in [-0.39, 0.29) is 1.43 Å². The van der Waals surface area contributed by atoms with Crippen molar-refractivity contribution < 1.29 is 6.16 Å². The van der Waals surface area contributed by atoms with Gasteiger partial charge in [-0.15, -0.1) is 0 Å². The summed E-state index contributed by atoms with van der Waals surface area (Å²) in [5, 5.41) is 3.28. The number of anilines is 1. The fraction of sp³-hybridized carbons (Fsp3) is 0.333. The third kappa shape index (κ3) is 1.04. The summed E-state index contributed by atoms with van der Waals surface area (Å²) in [4.78, 5) is 0. The van der Waals surface area contributed by atoms with Crippen LogP contribution in [0.5, 0.6) is 5.75 Å². The molecule has 2 nitrogen and oxygen atoms in total. The van der Waals surface area contributed by atoms with Crippen molar-refractivity contribution in [3.8, 4) is 5.75 Å². The largest absolute Gasteiger partial charge is 0.489 e. The zero-order valence-electron chi connectivity index (χ0n) is 6.55. The highest BCUT2D eigenvalue weighted by molar-refractivity contribution is 5.60. The molecular formula is C9H13NO. The average molecular weight is 151 g/mol. The molecule has 0 saturated heterocycles. The molecule has 0 radical (unpaired) electrons. The molecule has 0 spiro atoms. The van der Waals surface area contributed by atoms with Gasteiger partial charge >= 0.3 is 0 Å². The van der Waals surface area contributed by atoms with Crippen molar-refractivity contribution in [1.82, 2.24) is 0 Å². The van der Waals surface area contributed by atoms with Crippen LogP contribution >= 0.6 is 0 Å². The molecule has 1 aliphatic rings. The molecule has 1 aromatic carbocycles. The van der Waals surface area contributed by atoms with Gasteiger partial charge < -0.3 is 10.1 Å². The van der Waals surface area contributed by atoms with Gasteiger partial charge in [-0.25, -0.2) is 0 Å². The Morgan fingerprint density at radius 1 is 1.55 bits per heavy atom. The Balaban J connectivity index is 0.000000720. The zero-order chi connectivity index (χ0) is 7.68. The molecule has 0 aromatic heterocycles. The van der Waals surface area contributed by atoms with Crippen molar-refractivity contribution in [1.29, 1.82) is 0 Å². The van der Waals surface area contributed by atoms with Crippen LogP contribution in [-0.4, -0.2) is 13.2 Å². The van der Waals surface area contributed by atoms with Gasteiger partial charge in [0.05, 0.1) is 5.69 Å². The molecule has 2 heteroatoms. The number of ether oxygens (including phenoxy) is 1. The maximum absolute atomic E-state index is 5.49.